The molecule has 0 unspecified atom stereocenters. The second kappa shape index (κ2) is 6.21. The Morgan fingerprint density at radius 2 is 2.26 bits per heavy atom. The van der Waals surface area contributed by atoms with Crippen LogP contribution in [-0.2, 0) is 6.54 Å². The zero-order valence-electron chi connectivity index (χ0n) is 10.5. The second-order valence-electron chi connectivity index (χ2n) is 4.78. The van der Waals surface area contributed by atoms with Crippen LogP contribution in [0.25, 0.3) is 0 Å². The Kier molecular flexibility index (Phi) is 4.61. The highest BCUT2D eigenvalue weighted by atomic mass is 35.5. The summed E-state index contributed by atoms with van der Waals surface area (Å²) < 4.78 is 13.0. The molecule has 1 aromatic rings. The van der Waals surface area contributed by atoms with Gasteiger partial charge in [-0.2, -0.15) is 0 Å². The normalized spacial score (nSPS) is 16.1. The minimum absolute atomic E-state index is 0.218. The van der Waals surface area contributed by atoms with Crippen LogP contribution in [0.1, 0.15) is 24.8 Å². The van der Waals surface area contributed by atoms with Gasteiger partial charge in [-0.3, -0.25) is 4.90 Å². The van der Waals surface area contributed by atoms with Crippen molar-refractivity contribution in [2.75, 3.05) is 6.54 Å². The van der Waals surface area contributed by atoms with Gasteiger partial charge >= 0.3 is 0 Å². The van der Waals surface area contributed by atoms with Crippen molar-refractivity contribution in [3.63, 3.8) is 0 Å². The molecule has 19 heavy (non-hydrogen) atoms. The molecule has 0 atom stereocenters. The van der Waals surface area contributed by atoms with E-state index in [-0.39, 0.29) is 11.7 Å². The van der Waals surface area contributed by atoms with Gasteiger partial charge in [0.1, 0.15) is 11.7 Å². The van der Waals surface area contributed by atoms with E-state index < -0.39 is 0 Å². The minimum atomic E-state index is -0.330. The van der Waals surface area contributed by atoms with E-state index in [2.05, 4.69) is 10.1 Å². The lowest BCUT2D eigenvalue weighted by Gasteiger charge is -2.22. The fourth-order valence-electron chi connectivity index (χ4n) is 2.01. The van der Waals surface area contributed by atoms with E-state index in [4.69, 9.17) is 22.5 Å². The molecule has 1 aliphatic carbocycles. The highest BCUT2D eigenvalue weighted by Crippen LogP contribution is 2.30. The monoisotopic (exact) mass is 285 g/mol. The zero-order chi connectivity index (χ0) is 13.8. The summed E-state index contributed by atoms with van der Waals surface area (Å²) in [5, 5.41) is 12.0. The van der Waals surface area contributed by atoms with Crippen LogP contribution in [0.3, 0.4) is 0 Å². The molecule has 4 nitrogen and oxygen atoms in total. The van der Waals surface area contributed by atoms with Crippen LogP contribution < -0.4 is 5.73 Å². The number of nitrogens with zero attached hydrogens (tertiary/aromatic N) is 2. The number of oxime groups is 1. The topological polar surface area (TPSA) is 61.8 Å². The van der Waals surface area contributed by atoms with Gasteiger partial charge in [-0.25, -0.2) is 4.39 Å². The Balaban J connectivity index is 2.00. The lowest BCUT2D eigenvalue weighted by Crippen LogP contribution is -2.30. The minimum Gasteiger partial charge on any atom is -0.409 e. The van der Waals surface area contributed by atoms with Crippen LogP contribution in [0, 0.1) is 5.82 Å². The van der Waals surface area contributed by atoms with Gasteiger partial charge in [0.25, 0.3) is 0 Å². The smallest absolute Gasteiger partial charge is 0.140 e. The van der Waals surface area contributed by atoms with E-state index in [1.807, 2.05) is 0 Å². The van der Waals surface area contributed by atoms with Crippen molar-refractivity contribution in [3.8, 4) is 0 Å². The van der Waals surface area contributed by atoms with Crippen molar-refractivity contribution in [3.05, 3.63) is 34.6 Å². The Morgan fingerprint density at radius 1 is 1.53 bits per heavy atom. The summed E-state index contributed by atoms with van der Waals surface area (Å²) in [4.78, 5) is 2.23. The molecular formula is C13H17ClFN3O. The molecule has 0 saturated heterocycles. The lowest BCUT2D eigenvalue weighted by molar-refractivity contribution is 0.259. The first-order valence-electron chi connectivity index (χ1n) is 6.24. The standard InChI is InChI=1S/C13H17ClFN3O/c14-12-7-10(15)2-1-9(12)8-18(11-3-4-11)6-5-13(16)17-19/h1-2,7,11,19H,3-6,8H2,(H2,16,17). The Hall–Kier alpha value is -1.33. The summed E-state index contributed by atoms with van der Waals surface area (Å²) in [6.07, 6.45) is 2.80. The predicted molar refractivity (Wildman–Crippen MR) is 72.9 cm³/mol. The maximum absolute atomic E-state index is 13.0. The SMILES string of the molecule is N/C(CCN(Cc1ccc(F)cc1Cl)C1CC1)=N/O. The number of rotatable bonds is 6. The molecule has 0 aliphatic heterocycles. The van der Waals surface area contributed by atoms with Crippen LogP contribution in [0.4, 0.5) is 4.39 Å². The third-order valence-electron chi connectivity index (χ3n) is 3.24. The fraction of sp³-hybridized carbons (Fsp3) is 0.462. The van der Waals surface area contributed by atoms with E-state index in [9.17, 15) is 4.39 Å². The van der Waals surface area contributed by atoms with Crippen LogP contribution in [0.15, 0.2) is 23.4 Å². The Morgan fingerprint density at radius 3 is 2.84 bits per heavy atom. The average Bonchev–Trinajstić information content (AvgIpc) is 3.20. The second-order valence-corrected chi connectivity index (χ2v) is 5.19. The third kappa shape index (κ3) is 4.08. The molecule has 0 amide bonds. The average molecular weight is 286 g/mol. The van der Waals surface area contributed by atoms with Crippen molar-refractivity contribution >= 4 is 17.4 Å². The third-order valence-corrected chi connectivity index (χ3v) is 3.59. The Labute approximate surface area is 116 Å². The van der Waals surface area contributed by atoms with Crippen molar-refractivity contribution in [2.24, 2.45) is 10.9 Å². The van der Waals surface area contributed by atoms with Crippen LogP contribution in [0.2, 0.25) is 5.02 Å². The van der Waals surface area contributed by atoms with E-state index in [0.29, 0.717) is 30.6 Å². The van der Waals surface area contributed by atoms with Crippen molar-refractivity contribution < 1.29 is 9.60 Å². The molecule has 1 saturated carbocycles. The van der Waals surface area contributed by atoms with Gasteiger partial charge < -0.3 is 10.9 Å². The highest BCUT2D eigenvalue weighted by molar-refractivity contribution is 6.31. The lowest BCUT2D eigenvalue weighted by atomic mass is 10.2. The molecule has 0 aromatic heterocycles. The highest BCUT2D eigenvalue weighted by Gasteiger charge is 2.29. The number of halogens is 2. The molecule has 1 fully saturated rings. The van der Waals surface area contributed by atoms with Crippen molar-refractivity contribution in [1.82, 2.24) is 4.90 Å². The van der Waals surface area contributed by atoms with Gasteiger partial charge in [-0.05, 0) is 30.5 Å². The van der Waals surface area contributed by atoms with Gasteiger partial charge in [-0.15, -0.1) is 0 Å². The van der Waals surface area contributed by atoms with Gasteiger partial charge in [0.05, 0.1) is 0 Å². The van der Waals surface area contributed by atoms with Crippen LogP contribution in [-0.4, -0.2) is 28.5 Å². The first-order chi connectivity index (χ1) is 9.10. The molecule has 0 radical (unpaired) electrons. The first kappa shape index (κ1) is 14.1. The summed E-state index contributed by atoms with van der Waals surface area (Å²) in [5.74, 6) is -0.112. The number of amidine groups is 1. The molecule has 0 heterocycles. The van der Waals surface area contributed by atoms with Crippen LogP contribution >= 0.6 is 11.6 Å². The number of hydrogen-bond donors (Lipinski definition) is 2. The molecule has 6 heteroatoms. The predicted octanol–water partition coefficient (Wildman–Crippen LogP) is 2.58. The van der Waals surface area contributed by atoms with E-state index in [1.165, 1.54) is 12.1 Å². The molecular weight excluding hydrogens is 269 g/mol. The fourth-order valence-corrected chi connectivity index (χ4v) is 2.23. The molecule has 3 N–H and O–H groups in total. The van der Waals surface area contributed by atoms with Crippen molar-refractivity contribution in [2.45, 2.75) is 31.8 Å². The van der Waals surface area contributed by atoms with Crippen molar-refractivity contribution in [1.29, 1.82) is 0 Å². The molecule has 1 aliphatic rings. The largest absolute Gasteiger partial charge is 0.409 e. The van der Waals surface area contributed by atoms with Gasteiger partial charge in [0, 0.05) is 30.6 Å². The Bertz CT molecular complexity index is 477. The van der Waals surface area contributed by atoms with Gasteiger partial charge in [0.2, 0.25) is 0 Å². The maximum atomic E-state index is 13.0. The zero-order valence-corrected chi connectivity index (χ0v) is 11.3. The van der Waals surface area contributed by atoms with Gasteiger partial charge in [0.15, 0.2) is 0 Å². The van der Waals surface area contributed by atoms with Gasteiger partial charge in [-0.1, -0.05) is 22.8 Å². The summed E-state index contributed by atoms with van der Waals surface area (Å²) >= 11 is 6.03. The number of nitrogens with two attached hydrogens (primary N) is 1. The number of benzene rings is 1. The first-order valence-corrected chi connectivity index (χ1v) is 6.62. The maximum Gasteiger partial charge on any atom is 0.140 e. The molecule has 0 bridgehead atoms. The summed E-state index contributed by atoms with van der Waals surface area (Å²) in [5.41, 5.74) is 6.38. The van der Waals surface area contributed by atoms with E-state index >= 15 is 0 Å². The summed E-state index contributed by atoms with van der Waals surface area (Å²) in [7, 11) is 0. The molecule has 1 aromatic carbocycles. The van der Waals surface area contributed by atoms with Crippen LogP contribution in [0.5, 0.6) is 0 Å². The summed E-state index contributed by atoms with van der Waals surface area (Å²) in [6, 6.07) is 4.96. The van der Waals surface area contributed by atoms with E-state index in [0.717, 1.165) is 18.4 Å². The summed E-state index contributed by atoms with van der Waals surface area (Å²) in [6.45, 7) is 1.36. The molecule has 2 rings (SSSR count). The quantitative estimate of drug-likeness (QED) is 0.365. The molecule has 104 valence electrons. The molecule has 0 spiro atoms. The number of hydrogen-bond acceptors (Lipinski definition) is 3. The van der Waals surface area contributed by atoms with E-state index in [1.54, 1.807) is 6.07 Å².